The standard InChI is InChI=1S/2C17H12N2O3.2C17H12N2O2S.2Be.2Zn/c4*1-19-12-8-4-2-6-10(12)15(20)14(17(19)21)16-18-11-7-3-5-9-13(11)22-16;;;;/h4*2-9,20H,1H3;;;;/q;;;;2*+2;;. The van der Waals surface area contributed by atoms with E-state index in [2.05, 4.69) is 19.9 Å². The second-order valence-electron chi connectivity index (χ2n) is 20.5. The predicted molar refractivity (Wildman–Crippen MR) is 351 cm³/mol. The van der Waals surface area contributed by atoms with Crippen molar-refractivity contribution in [2.45, 2.75) is 0 Å². The van der Waals surface area contributed by atoms with Gasteiger partial charge in [-0.25, -0.2) is 9.97 Å². The summed E-state index contributed by atoms with van der Waals surface area (Å²) in [5, 5.41) is 50.0. The van der Waals surface area contributed by atoms with Gasteiger partial charge in [0.1, 0.15) is 49.0 Å². The van der Waals surface area contributed by atoms with E-state index in [1.54, 1.807) is 106 Å². The van der Waals surface area contributed by atoms with Crippen molar-refractivity contribution in [3.05, 3.63) is 236 Å². The summed E-state index contributed by atoms with van der Waals surface area (Å²) in [5.74, 6) is -0.332. The van der Waals surface area contributed by atoms with E-state index in [1.165, 1.54) is 36.4 Å². The van der Waals surface area contributed by atoms with Crippen LogP contribution in [-0.4, -0.2) is 58.7 Å². The Morgan fingerprint density at radius 1 is 0.413 bits per heavy atom. The van der Waals surface area contributed by atoms with Gasteiger partial charge in [-0.05, 0) is 83.6 Å². The summed E-state index contributed by atoms with van der Waals surface area (Å²) >= 11 is 2.84. The number of benzene rings is 8. The first-order valence-electron chi connectivity index (χ1n) is 27.4. The molecule has 0 unspecified atom stereocenters. The van der Waals surface area contributed by atoms with Gasteiger partial charge < -0.3 is 47.5 Å². The molecule has 16 aromatic rings. The van der Waals surface area contributed by atoms with Gasteiger partial charge in [-0.15, -0.1) is 11.3 Å². The molecule has 0 fully saturated rings. The number of aromatic nitrogens is 8. The van der Waals surface area contributed by atoms with Crippen LogP contribution in [0, 0.1) is 0 Å². The molecule has 436 valence electrons. The molecule has 8 aromatic carbocycles. The van der Waals surface area contributed by atoms with E-state index in [-0.39, 0.29) is 138 Å². The largest absolute Gasteiger partial charge is 2.00 e. The summed E-state index contributed by atoms with van der Waals surface area (Å²) in [6.07, 6.45) is 0. The number of nitrogens with one attached hydrogen (secondary N) is 2. The Balaban J connectivity index is 0.000000143. The Labute approximate surface area is 562 Å². The molecular formula is C68H48Be2N8O10S2Zn2+4. The zero-order valence-electron chi connectivity index (χ0n) is 50.0. The molecule has 8 heterocycles. The maximum atomic E-state index is 12.8. The summed E-state index contributed by atoms with van der Waals surface area (Å²) in [6, 6.07) is 58.7. The van der Waals surface area contributed by atoms with E-state index < -0.39 is 0 Å². The quantitative estimate of drug-likeness (QED) is 0.156. The van der Waals surface area contributed by atoms with Gasteiger partial charge in [-0.1, -0.05) is 132 Å². The number of hydrogen-bond acceptors (Lipinski definition) is 14. The third-order valence-corrected chi connectivity index (χ3v) is 17.4. The minimum absolute atomic E-state index is 0. The number of fused-ring (bicyclic) bond motifs is 8. The first-order valence-corrected chi connectivity index (χ1v) is 29.0. The Kier molecular flexibility index (Phi) is 19.7. The molecule has 24 heteroatoms. The van der Waals surface area contributed by atoms with E-state index in [4.69, 9.17) is 8.83 Å². The fourth-order valence-electron chi connectivity index (χ4n) is 10.7. The number of thiazole rings is 2. The SMILES string of the molecule is Cn1c(=O)c(-c2[nH+]c3ccccc3o2)c([O-])c2ccccc21.Cn1c(=O)c(-c2[nH+]c3ccccc3s2)c([O-])c2ccccc21.Cn1c(=O)c(-c2nc3ccccc3o2)c(O)c2ccccc21.Cn1c(=O)c(-c2nc3ccccc3s2)c(O)c2ccccc21.[Be+2].[Be+2].[Zn].[Zn]. The number of H-pyrrole nitrogens is 2. The first-order chi connectivity index (χ1) is 42.7. The molecule has 0 aliphatic rings. The monoisotopic (exact) mass is 1350 g/mol. The molecule has 0 atom stereocenters. The number of oxazole rings is 2. The first kappa shape index (κ1) is 66.5. The molecule has 0 spiro atoms. The molecule has 0 amide bonds. The smallest absolute Gasteiger partial charge is 0.871 e. The predicted octanol–water partition coefficient (Wildman–Crippen LogP) is 9.95. The van der Waals surface area contributed by atoms with Crippen LogP contribution in [0.3, 0.4) is 0 Å². The third kappa shape index (κ3) is 11.8. The number of aryl methyl sites for hydroxylation is 4. The van der Waals surface area contributed by atoms with E-state index >= 15 is 0 Å². The van der Waals surface area contributed by atoms with Crippen molar-refractivity contribution in [2.75, 3.05) is 0 Å². The van der Waals surface area contributed by atoms with Crippen LogP contribution in [0.15, 0.2) is 222 Å². The van der Waals surface area contributed by atoms with Crippen LogP contribution in [-0.2, 0) is 67.1 Å². The van der Waals surface area contributed by atoms with Crippen LogP contribution in [0.2, 0.25) is 0 Å². The molecule has 0 aliphatic carbocycles. The average molecular weight is 1350 g/mol. The maximum absolute atomic E-state index is 12.8. The van der Waals surface area contributed by atoms with E-state index in [0.717, 1.165) is 25.9 Å². The van der Waals surface area contributed by atoms with Crippen LogP contribution in [0.1, 0.15) is 0 Å². The molecule has 4 N–H and O–H groups in total. The van der Waals surface area contributed by atoms with Gasteiger partial charge in [0.2, 0.25) is 22.5 Å². The fourth-order valence-corrected chi connectivity index (χ4v) is 12.7. The van der Waals surface area contributed by atoms with Crippen molar-refractivity contribution < 1.29 is 78.2 Å². The molecule has 18 nitrogen and oxygen atoms in total. The summed E-state index contributed by atoms with van der Waals surface area (Å²) in [4.78, 5) is 65.4. The van der Waals surface area contributed by atoms with Crippen molar-refractivity contribution in [2.24, 2.45) is 28.2 Å². The Bertz CT molecular complexity index is 4910. The summed E-state index contributed by atoms with van der Waals surface area (Å²) in [5.41, 5.74) is 6.30. The zero-order chi connectivity index (χ0) is 61.1. The van der Waals surface area contributed by atoms with Crippen LogP contribution >= 0.6 is 22.7 Å². The molecule has 0 saturated heterocycles. The molecule has 8 aromatic heterocycles. The number of hydrogen-bond donors (Lipinski definition) is 2. The van der Waals surface area contributed by atoms with Crippen molar-refractivity contribution >= 4 is 129 Å². The normalized spacial score (nSPS) is 10.8. The molecule has 0 saturated carbocycles. The molecule has 0 radical (unpaired) electrons. The van der Waals surface area contributed by atoms with Gasteiger partial charge in [0, 0.05) is 90.1 Å². The number of nitrogens with zero attached hydrogens (tertiary/aromatic N) is 6. The second kappa shape index (κ2) is 27.3. The second-order valence-corrected chi connectivity index (χ2v) is 22.5. The molecule has 92 heavy (non-hydrogen) atoms. The van der Waals surface area contributed by atoms with Gasteiger partial charge >= 0.3 is 26.1 Å². The van der Waals surface area contributed by atoms with Crippen molar-refractivity contribution in [1.82, 2.24) is 28.2 Å². The minimum atomic E-state index is -0.376. The molecular weight excluding hydrogens is 1300 g/mol. The van der Waals surface area contributed by atoms with Gasteiger partial charge in [0.15, 0.2) is 5.58 Å². The van der Waals surface area contributed by atoms with Crippen molar-refractivity contribution in [3.8, 4) is 67.0 Å². The van der Waals surface area contributed by atoms with Crippen LogP contribution in [0.25, 0.3) is 130 Å². The number of pyridine rings is 4. The number of rotatable bonds is 4. The number of aromatic hydroxyl groups is 2. The average Bonchev–Trinajstić information content (AvgIpc) is 1.28. The van der Waals surface area contributed by atoms with Gasteiger partial charge in [-0.3, -0.25) is 19.2 Å². The van der Waals surface area contributed by atoms with Gasteiger partial charge in [0.25, 0.3) is 27.2 Å². The minimum Gasteiger partial charge on any atom is -0.871 e. The Morgan fingerprint density at radius 3 is 1.37 bits per heavy atom. The topological polar surface area (TPSA) is 255 Å². The zero-order valence-corrected chi connectivity index (χ0v) is 57.5. The third-order valence-electron chi connectivity index (χ3n) is 15.2. The molecule has 0 bridgehead atoms. The number of para-hydroxylation sites is 10. The van der Waals surface area contributed by atoms with Gasteiger partial charge in [0.05, 0.1) is 32.3 Å². The van der Waals surface area contributed by atoms with Crippen LogP contribution in [0.4, 0.5) is 0 Å². The Morgan fingerprint density at radius 2 is 0.826 bits per heavy atom. The van der Waals surface area contributed by atoms with Gasteiger partial charge in [-0.2, -0.15) is 9.97 Å². The van der Waals surface area contributed by atoms with Crippen LogP contribution in [0.5, 0.6) is 23.0 Å². The maximum Gasteiger partial charge on any atom is 2.00 e. The molecule has 16 rings (SSSR count). The van der Waals surface area contributed by atoms with E-state index in [0.29, 0.717) is 70.3 Å². The van der Waals surface area contributed by atoms with E-state index in [9.17, 15) is 39.6 Å². The summed E-state index contributed by atoms with van der Waals surface area (Å²) < 4.78 is 19.3. The number of aromatic amines is 2. The molecule has 0 aliphatic heterocycles. The van der Waals surface area contributed by atoms with E-state index in [1.807, 2.05) is 121 Å². The fraction of sp³-hybridized carbons (Fsp3) is 0.0588. The Hall–Kier alpha value is -9.90. The summed E-state index contributed by atoms with van der Waals surface area (Å²) in [6.45, 7) is 0. The summed E-state index contributed by atoms with van der Waals surface area (Å²) in [7, 11) is 6.72. The van der Waals surface area contributed by atoms with Crippen molar-refractivity contribution in [1.29, 1.82) is 0 Å². The van der Waals surface area contributed by atoms with Crippen LogP contribution < -0.4 is 42.4 Å². The van der Waals surface area contributed by atoms with Crippen molar-refractivity contribution in [3.63, 3.8) is 0 Å².